The summed E-state index contributed by atoms with van der Waals surface area (Å²) in [6, 6.07) is 4.37. The van der Waals surface area contributed by atoms with Crippen molar-refractivity contribution < 1.29 is 4.79 Å². The summed E-state index contributed by atoms with van der Waals surface area (Å²) >= 11 is 0. The molecule has 0 radical (unpaired) electrons. The van der Waals surface area contributed by atoms with Gasteiger partial charge in [-0.05, 0) is 72.7 Å². The number of rotatable bonds is 0. The van der Waals surface area contributed by atoms with E-state index in [0.717, 1.165) is 22.3 Å². The summed E-state index contributed by atoms with van der Waals surface area (Å²) in [6.45, 7) is 8.15. The Morgan fingerprint density at radius 3 is 2.22 bits per heavy atom. The van der Waals surface area contributed by atoms with Crippen LogP contribution in [0.2, 0.25) is 0 Å². The lowest BCUT2D eigenvalue weighted by atomic mass is 9.87. The van der Waals surface area contributed by atoms with Gasteiger partial charge in [-0.2, -0.15) is 0 Å². The Bertz CT molecular complexity index is 682. The van der Waals surface area contributed by atoms with Crippen molar-refractivity contribution in [3.05, 3.63) is 57.2 Å². The zero-order valence-electron chi connectivity index (χ0n) is 11.2. The van der Waals surface area contributed by atoms with E-state index in [2.05, 4.69) is 32.1 Å². The summed E-state index contributed by atoms with van der Waals surface area (Å²) in [7, 11) is 0. The van der Waals surface area contributed by atoms with Crippen molar-refractivity contribution in [3.63, 3.8) is 0 Å². The monoisotopic (exact) mass is 236 g/mol. The van der Waals surface area contributed by atoms with Gasteiger partial charge >= 0.3 is 0 Å². The molecule has 3 rings (SSSR count). The summed E-state index contributed by atoms with van der Waals surface area (Å²) in [6.07, 6.45) is 4.18. The molecule has 0 aromatic heterocycles. The molecule has 0 atom stereocenters. The normalized spacial score (nSPS) is 17.4. The van der Waals surface area contributed by atoms with E-state index in [-0.39, 0.29) is 5.78 Å². The molecule has 90 valence electrons. The SMILES string of the molecule is CC1=C(C)C(=O)C2=Cc3cc(C)c(C)cc3C2=C1. The predicted molar refractivity (Wildman–Crippen MR) is 75.3 cm³/mol. The fourth-order valence-corrected chi connectivity index (χ4v) is 2.62. The van der Waals surface area contributed by atoms with E-state index in [0.29, 0.717) is 0 Å². The number of benzene rings is 1. The molecule has 1 nitrogen and oxygen atoms in total. The fraction of sp³-hybridized carbons (Fsp3) is 0.235. The Kier molecular flexibility index (Phi) is 2.21. The zero-order valence-corrected chi connectivity index (χ0v) is 11.2. The van der Waals surface area contributed by atoms with Crippen LogP contribution in [0, 0.1) is 13.8 Å². The first kappa shape index (κ1) is 11.2. The second-order valence-corrected chi connectivity index (χ2v) is 5.28. The van der Waals surface area contributed by atoms with Gasteiger partial charge in [0.2, 0.25) is 0 Å². The number of aryl methyl sites for hydroxylation is 2. The zero-order chi connectivity index (χ0) is 13.0. The quantitative estimate of drug-likeness (QED) is 0.665. The van der Waals surface area contributed by atoms with E-state index in [4.69, 9.17) is 0 Å². The molecule has 2 aliphatic carbocycles. The van der Waals surface area contributed by atoms with Crippen molar-refractivity contribution in [2.24, 2.45) is 0 Å². The van der Waals surface area contributed by atoms with Gasteiger partial charge in [-0.3, -0.25) is 4.79 Å². The van der Waals surface area contributed by atoms with Crippen LogP contribution in [0.1, 0.15) is 36.1 Å². The third kappa shape index (κ3) is 1.37. The number of ketones is 1. The van der Waals surface area contributed by atoms with Crippen LogP contribution in [0.4, 0.5) is 0 Å². The predicted octanol–water partition coefficient (Wildman–Crippen LogP) is 4.00. The molecule has 1 aromatic rings. The first-order valence-electron chi connectivity index (χ1n) is 6.26. The Morgan fingerprint density at radius 1 is 0.833 bits per heavy atom. The number of carbonyl (C=O) groups excluding carboxylic acids is 1. The van der Waals surface area contributed by atoms with Gasteiger partial charge in [-0.15, -0.1) is 0 Å². The average Bonchev–Trinajstić information content (AvgIpc) is 2.66. The summed E-state index contributed by atoms with van der Waals surface area (Å²) < 4.78 is 0. The van der Waals surface area contributed by atoms with E-state index < -0.39 is 0 Å². The molecule has 0 unspecified atom stereocenters. The van der Waals surface area contributed by atoms with E-state index in [1.165, 1.54) is 22.3 Å². The van der Waals surface area contributed by atoms with E-state index in [1.807, 2.05) is 19.9 Å². The van der Waals surface area contributed by atoms with Gasteiger partial charge in [-0.1, -0.05) is 18.2 Å². The van der Waals surface area contributed by atoms with Crippen molar-refractivity contribution in [2.75, 3.05) is 0 Å². The number of hydrogen-bond acceptors (Lipinski definition) is 1. The number of hydrogen-bond donors (Lipinski definition) is 0. The highest BCUT2D eigenvalue weighted by Gasteiger charge is 2.28. The van der Waals surface area contributed by atoms with Crippen molar-refractivity contribution in [3.8, 4) is 0 Å². The lowest BCUT2D eigenvalue weighted by molar-refractivity contribution is -0.111. The molecule has 0 spiro atoms. The number of Topliss-reactive ketones (excluding diaryl/α,β-unsaturated/α-hetero) is 1. The molecule has 0 heterocycles. The highest BCUT2D eigenvalue weighted by Crippen LogP contribution is 2.41. The highest BCUT2D eigenvalue weighted by molar-refractivity contribution is 6.26. The van der Waals surface area contributed by atoms with Crippen LogP contribution in [0.5, 0.6) is 0 Å². The molecule has 1 aromatic carbocycles. The molecule has 0 N–H and O–H groups in total. The van der Waals surface area contributed by atoms with Crippen molar-refractivity contribution >= 4 is 17.4 Å². The van der Waals surface area contributed by atoms with Gasteiger partial charge in [0.15, 0.2) is 5.78 Å². The lowest BCUT2D eigenvalue weighted by Gasteiger charge is -2.15. The van der Waals surface area contributed by atoms with Crippen molar-refractivity contribution in [1.29, 1.82) is 0 Å². The maximum absolute atomic E-state index is 12.3. The summed E-state index contributed by atoms with van der Waals surface area (Å²) in [5.74, 6) is 0.177. The molecular weight excluding hydrogens is 220 g/mol. The van der Waals surface area contributed by atoms with Gasteiger partial charge in [0, 0.05) is 5.57 Å². The molecule has 0 saturated carbocycles. The number of allylic oxidation sites excluding steroid dienone is 5. The maximum atomic E-state index is 12.3. The van der Waals surface area contributed by atoms with Crippen LogP contribution in [0.15, 0.2) is 34.9 Å². The van der Waals surface area contributed by atoms with E-state index >= 15 is 0 Å². The van der Waals surface area contributed by atoms with Crippen LogP contribution in [-0.4, -0.2) is 5.78 Å². The molecule has 1 heteroatoms. The summed E-state index contributed by atoms with van der Waals surface area (Å²) in [5, 5.41) is 0. The van der Waals surface area contributed by atoms with Gasteiger partial charge in [-0.25, -0.2) is 0 Å². The third-order valence-corrected chi connectivity index (χ3v) is 4.08. The van der Waals surface area contributed by atoms with Crippen LogP contribution in [-0.2, 0) is 4.79 Å². The first-order chi connectivity index (χ1) is 8.49. The third-order valence-electron chi connectivity index (χ3n) is 4.08. The molecule has 2 aliphatic rings. The maximum Gasteiger partial charge on any atom is 0.189 e. The van der Waals surface area contributed by atoms with E-state index in [1.54, 1.807) is 0 Å². The molecule has 0 amide bonds. The van der Waals surface area contributed by atoms with Crippen LogP contribution in [0.3, 0.4) is 0 Å². The molecule has 0 fully saturated rings. The van der Waals surface area contributed by atoms with Gasteiger partial charge in [0.25, 0.3) is 0 Å². The van der Waals surface area contributed by atoms with Crippen LogP contribution in [0.25, 0.3) is 11.6 Å². The largest absolute Gasteiger partial charge is 0.289 e. The minimum Gasteiger partial charge on any atom is -0.289 e. The topological polar surface area (TPSA) is 17.1 Å². The number of fused-ring (bicyclic) bond motifs is 3. The second-order valence-electron chi connectivity index (χ2n) is 5.28. The molecule has 0 aliphatic heterocycles. The standard InChI is InChI=1S/C17H16O/c1-9-5-13-8-16-15(14(13)6-10(9)2)7-11(3)12(4)17(16)18/h5-8H,1-4H3. The second kappa shape index (κ2) is 3.55. The lowest BCUT2D eigenvalue weighted by Crippen LogP contribution is -2.09. The highest BCUT2D eigenvalue weighted by atomic mass is 16.1. The first-order valence-corrected chi connectivity index (χ1v) is 6.26. The Labute approximate surface area is 108 Å². The Morgan fingerprint density at radius 2 is 1.50 bits per heavy atom. The molecule has 0 saturated heterocycles. The van der Waals surface area contributed by atoms with Gasteiger partial charge in [0.05, 0.1) is 0 Å². The number of carbonyl (C=O) groups is 1. The average molecular weight is 236 g/mol. The van der Waals surface area contributed by atoms with Crippen molar-refractivity contribution in [2.45, 2.75) is 27.7 Å². The smallest absolute Gasteiger partial charge is 0.189 e. The van der Waals surface area contributed by atoms with Crippen LogP contribution < -0.4 is 0 Å². The fourth-order valence-electron chi connectivity index (χ4n) is 2.62. The minimum absolute atomic E-state index is 0.177. The van der Waals surface area contributed by atoms with E-state index in [9.17, 15) is 4.79 Å². The minimum atomic E-state index is 0.177. The molecule has 0 bridgehead atoms. The van der Waals surface area contributed by atoms with Gasteiger partial charge in [0.1, 0.15) is 0 Å². The Hall–Kier alpha value is -1.89. The molecule has 18 heavy (non-hydrogen) atoms. The summed E-state index contributed by atoms with van der Waals surface area (Å²) in [5.41, 5.74) is 8.84. The summed E-state index contributed by atoms with van der Waals surface area (Å²) in [4.78, 5) is 12.3. The van der Waals surface area contributed by atoms with Gasteiger partial charge < -0.3 is 0 Å². The van der Waals surface area contributed by atoms with Crippen molar-refractivity contribution in [1.82, 2.24) is 0 Å². The Balaban J connectivity index is 2.27. The van der Waals surface area contributed by atoms with Crippen LogP contribution >= 0.6 is 0 Å². The molecular formula is C17H16O.